The Hall–Kier alpha value is -2.37. The van der Waals surface area contributed by atoms with Crippen LogP contribution in [0.15, 0.2) is 30.5 Å². The Balaban J connectivity index is 1.71. The van der Waals surface area contributed by atoms with Crippen molar-refractivity contribution in [1.82, 2.24) is 10.3 Å². The van der Waals surface area contributed by atoms with E-state index in [4.69, 9.17) is 5.73 Å². The first kappa shape index (κ1) is 15.0. The van der Waals surface area contributed by atoms with E-state index < -0.39 is 5.91 Å². The molecule has 1 aromatic heterocycles. The van der Waals surface area contributed by atoms with Crippen molar-refractivity contribution in [3.05, 3.63) is 36.2 Å². The van der Waals surface area contributed by atoms with E-state index in [0.717, 1.165) is 19.3 Å². The molecule has 1 aliphatic rings. The van der Waals surface area contributed by atoms with Gasteiger partial charge in [0, 0.05) is 6.54 Å². The van der Waals surface area contributed by atoms with Gasteiger partial charge in [0.1, 0.15) is 5.69 Å². The minimum atomic E-state index is -0.590. The van der Waals surface area contributed by atoms with Gasteiger partial charge in [-0.3, -0.25) is 4.79 Å². The van der Waals surface area contributed by atoms with Gasteiger partial charge in [-0.25, -0.2) is 9.78 Å². The van der Waals surface area contributed by atoms with E-state index in [1.54, 1.807) is 6.07 Å². The molecule has 6 heteroatoms. The monoisotopic (exact) mass is 288 g/mol. The molecule has 1 aliphatic carbocycles. The lowest BCUT2D eigenvalue weighted by Crippen LogP contribution is -2.30. The molecule has 0 aromatic carbocycles. The Kier molecular flexibility index (Phi) is 5.31. The van der Waals surface area contributed by atoms with Gasteiger partial charge < -0.3 is 16.4 Å². The van der Waals surface area contributed by atoms with Crippen LogP contribution in [-0.4, -0.2) is 23.5 Å². The maximum Gasteiger partial charge on any atom is 0.319 e. The fraction of sp³-hybridized carbons (Fsp3) is 0.400. The average molecular weight is 288 g/mol. The molecule has 112 valence electrons. The van der Waals surface area contributed by atoms with E-state index in [-0.39, 0.29) is 11.7 Å². The number of hydrogen-bond donors (Lipinski definition) is 3. The molecule has 0 saturated heterocycles. The topological polar surface area (TPSA) is 97.1 Å². The van der Waals surface area contributed by atoms with E-state index in [1.807, 2.05) is 0 Å². The van der Waals surface area contributed by atoms with Crippen LogP contribution in [0.25, 0.3) is 0 Å². The number of pyridine rings is 1. The van der Waals surface area contributed by atoms with Crippen molar-refractivity contribution >= 4 is 17.6 Å². The third kappa shape index (κ3) is 4.91. The van der Waals surface area contributed by atoms with Crippen LogP contribution in [0.2, 0.25) is 0 Å². The molecule has 3 amide bonds. The fourth-order valence-corrected chi connectivity index (χ4v) is 2.30. The highest BCUT2D eigenvalue weighted by Gasteiger charge is 2.10. The summed E-state index contributed by atoms with van der Waals surface area (Å²) in [6, 6.07) is 2.81. The smallest absolute Gasteiger partial charge is 0.319 e. The van der Waals surface area contributed by atoms with Gasteiger partial charge in [-0.05, 0) is 43.7 Å². The van der Waals surface area contributed by atoms with Crippen molar-refractivity contribution in [3.63, 3.8) is 0 Å². The second kappa shape index (κ2) is 7.42. The molecule has 2 rings (SSSR count). The van der Waals surface area contributed by atoms with Gasteiger partial charge in [-0.2, -0.15) is 0 Å². The first-order chi connectivity index (χ1) is 10.1. The van der Waals surface area contributed by atoms with E-state index in [1.165, 1.54) is 18.7 Å². The first-order valence-electron chi connectivity index (χ1n) is 7.11. The van der Waals surface area contributed by atoms with Gasteiger partial charge in [0.25, 0.3) is 5.91 Å². The van der Waals surface area contributed by atoms with Gasteiger partial charge in [-0.1, -0.05) is 12.2 Å². The highest BCUT2D eigenvalue weighted by molar-refractivity contribution is 5.92. The molecule has 1 heterocycles. The van der Waals surface area contributed by atoms with E-state index in [2.05, 4.69) is 27.8 Å². The van der Waals surface area contributed by atoms with Crippen LogP contribution < -0.4 is 16.4 Å². The normalized spacial score (nSPS) is 17.2. The molecule has 6 nitrogen and oxygen atoms in total. The van der Waals surface area contributed by atoms with Crippen molar-refractivity contribution in [2.24, 2.45) is 11.7 Å². The fourth-order valence-electron chi connectivity index (χ4n) is 2.30. The zero-order valence-corrected chi connectivity index (χ0v) is 11.8. The number of nitrogens with two attached hydrogens (primary N) is 1. The standard InChI is InChI=1S/C15H20N4O2/c16-14(20)13-7-6-12(10-18-13)19-15(21)17-9-8-11-4-2-1-3-5-11/h1-2,6-7,10-11H,3-5,8-9H2,(H2,16,20)(H2,17,19,21). The van der Waals surface area contributed by atoms with Crippen LogP contribution in [0, 0.1) is 5.92 Å². The molecule has 1 aromatic rings. The molecule has 0 fully saturated rings. The summed E-state index contributed by atoms with van der Waals surface area (Å²) in [4.78, 5) is 26.5. The zero-order valence-electron chi connectivity index (χ0n) is 11.8. The lowest BCUT2D eigenvalue weighted by atomic mass is 9.92. The third-order valence-corrected chi connectivity index (χ3v) is 3.49. The highest BCUT2D eigenvalue weighted by atomic mass is 16.2. The SMILES string of the molecule is NC(=O)c1ccc(NC(=O)NCCC2CC=CCC2)cn1. The van der Waals surface area contributed by atoms with Crippen LogP contribution in [0.3, 0.4) is 0 Å². The van der Waals surface area contributed by atoms with Crippen molar-refractivity contribution in [3.8, 4) is 0 Å². The molecule has 21 heavy (non-hydrogen) atoms. The zero-order chi connectivity index (χ0) is 15.1. The van der Waals surface area contributed by atoms with Crippen molar-refractivity contribution in [1.29, 1.82) is 0 Å². The number of carbonyl (C=O) groups excluding carboxylic acids is 2. The largest absolute Gasteiger partial charge is 0.364 e. The van der Waals surface area contributed by atoms with Gasteiger partial charge >= 0.3 is 6.03 Å². The number of nitrogens with one attached hydrogen (secondary N) is 2. The lowest BCUT2D eigenvalue weighted by Gasteiger charge is -2.17. The summed E-state index contributed by atoms with van der Waals surface area (Å²) >= 11 is 0. The molecular weight excluding hydrogens is 268 g/mol. The van der Waals surface area contributed by atoms with Crippen LogP contribution in [0.5, 0.6) is 0 Å². The average Bonchev–Trinajstić information content (AvgIpc) is 2.49. The summed E-state index contributed by atoms with van der Waals surface area (Å²) in [6.45, 7) is 0.650. The predicted molar refractivity (Wildman–Crippen MR) is 80.9 cm³/mol. The van der Waals surface area contributed by atoms with Gasteiger partial charge in [0.2, 0.25) is 0 Å². The summed E-state index contributed by atoms with van der Waals surface area (Å²) in [5.41, 5.74) is 5.79. The molecule has 0 bridgehead atoms. The first-order valence-corrected chi connectivity index (χ1v) is 7.11. The number of amides is 3. The summed E-state index contributed by atoms with van der Waals surface area (Å²) in [6.07, 6.45) is 10.2. The molecule has 4 N–H and O–H groups in total. The Morgan fingerprint density at radius 3 is 2.81 bits per heavy atom. The second-order valence-electron chi connectivity index (χ2n) is 5.12. The van der Waals surface area contributed by atoms with Crippen molar-refractivity contribution < 1.29 is 9.59 Å². The maximum atomic E-state index is 11.7. The lowest BCUT2D eigenvalue weighted by molar-refractivity contribution is 0.0995. The number of rotatable bonds is 5. The van der Waals surface area contributed by atoms with Crippen LogP contribution in [0.4, 0.5) is 10.5 Å². The van der Waals surface area contributed by atoms with Crippen LogP contribution in [0.1, 0.15) is 36.2 Å². The summed E-state index contributed by atoms with van der Waals surface area (Å²) < 4.78 is 0. The van der Waals surface area contributed by atoms with Gasteiger partial charge in [0.15, 0.2) is 0 Å². The molecule has 1 atom stereocenters. The Morgan fingerprint density at radius 1 is 1.33 bits per heavy atom. The number of nitrogens with zero attached hydrogens (tertiary/aromatic N) is 1. The minimum Gasteiger partial charge on any atom is -0.364 e. The Labute approximate surface area is 123 Å². The highest BCUT2D eigenvalue weighted by Crippen LogP contribution is 2.20. The third-order valence-electron chi connectivity index (χ3n) is 3.49. The summed E-state index contributed by atoms with van der Waals surface area (Å²) in [7, 11) is 0. The Morgan fingerprint density at radius 2 is 2.19 bits per heavy atom. The molecule has 0 spiro atoms. The maximum absolute atomic E-state index is 11.7. The molecular formula is C15H20N4O2. The number of urea groups is 1. The van der Waals surface area contributed by atoms with E-state index >= 15 is 0 Å². The number of carbonyl (C=O) groups is 2. The molecule has 0 saturated carbocycles. The van der Waals surface area contributed by atoms with Crippen LogP contribution >= 0.6 is 0 Å². The minimum absolute atomic E-state index is 0.173. The second-order valence-corrected chi connectivity index (χ2v) is 5.12. The van der Waals surface area contributed by atoms with E-state index in [0.29, 0.717) is 18.2 Å². The van der Waals surface area contributed by atoms with Crippen LogP contribution in [-0.2, 0) is 0 Å². The van der Waals surface area contributed by atoms with Gasteiger partial charge in [0.05, 0.1) is 11.9 Å². The predicted octanol–water partition coefficient (Wildman–Crippen LogP) is 2.05. The number of aromatic nitrogens is 1. The van der Waals surface area contributed by atoms with Crippen molar-refractivity contribution in [2.75, 3.05) is 11.9 Å². The molecule has 0 aliphatic heterocycles. The van der Waals surface area contributed by atoms with Crippen molar-refractivity contribution in [2.45, 2.75) is 25.7 Å². The molecule has 1 unspecified atom stereocenters. The molecule has 0 radical (unpaired) electrons. The van der Waals surface area contributed by atoms with Gasteiger partial charge in [-0.15, -0.1) is 0 Å². The summed E-state index contributed by atoms with van der Waals surface area (Å²) in [5, 5.41) is 5.49. The number of anilines is 1. The number of hydrogen-bond acceptors (Lipinski definition) is 3. The quantitative estimate of drug-likeness (QED) is 0.723. The summed E-state index contributed by atoms with van der Waals surface area (Å²) in [5.74, 6) is 0.0688. The number of primary amides is 1. The Bertz CT molecular complexity index is 525. The number of allylic oxidation sites excluding steroid dienone is 2. The van der Waals surface area contributed by atoms with E-state index in [9.17, 15) is 9.59 Å².